The standard InChI is InChI=1S/C18H16N2O5/c21-16(20-10-11-24-18(20)23)12-25-17(22)14-8-4-5-9-15(14)19-13-6-2-1-3-7-13/h1-9,19H,10-12H2. The SMILES string of the molecule is O=C(OCC(=O)N1CCOC1=O)c1ccccc1Nc1ccccc1. The van der Waals surface area contributed by atoms with Crippen LogP contribution in [0.25, 0.3) is 0 Å². The Bertz CT molecular complexity index is 791. The van der Waals surface area contributed by atoms with E-state index >= 15 is 0 Å². The van der Waals surface area contributed by atoms with E-state index in [0.29, 0.717) is 11.3 Å². The number of nitrogens with one attached hydrogen (secondary N) is 1. The monoisotopic (exact) mass is 340 g/mol. The zero-order valence-corrected chi connectivity index (χ0v) is 13.3. The van der Waals surface area contributed by atoms with Crippen molar-refractivity contribution >= 4 is 29.3 Å². The second-order valence-electron chi connectivity index (χ2n) is 5.27. The van der Waals surface area contributed by atoms with E-state index in [0.717, 1.165) is 10.6 Å². The number of hydrogen-bond donors (Lipinski definition) is 1. The zero-order chi connectivity index (χ0) is 17.6. The van der Waals surface area contributed by atoms with Crippen LogP contribution in [0.3, 0.4) is 0 Å². The van der Waals surface area contributed by atoms with E-state index in [1.54, 1.807) is 24.3 Å². The molecule has 1 saturated heterocycles. The second kappa shape index (κ2) is 7.48. The van der Waals surface area contributed by atoms with E-state index < -0.39 is 24.6 Å². The lowest BCUT2D eigenvalue weighted by Crippen LogP contribution is -2.35. The van der Waals surface area contributed by atoms with Crippen LogP contribution < -0.4 is 5.32 Å². The molecule has 0 unspecified atom stereocenters. The first-order valence-electron chi connectivity index (χ1n) is 7.70. The predicted molar refractivity (Wildman–Crippen MR) is 89.5 cm³/mol. The van der Waals surface area contributed by atoms with E-state index in [1.165, 1.54) is 0 Å². The van der Waals surface area contributed by atoms with E-state index in [4.69, 9.17) is 4.74 Å². The van der Waals surface area contributed by atoms with Gasteiger partial charge >= 0.3 is 12.1 Å². The number of benzene rings is 2. The first kappa shape index (κ1) is 16.5. The van der Waals surface area contributed by atoms with E-state index in [9.17, 15) is 14.4 Å². The van der Waals surface area contributed by atoms with Crippen molar-refractivity contribution in [2.45, 2.75) is 0 Å². The summed E-state index contributed by atoms with van der Waals surface area (Å²) in [6, 6.07) is 16.2. The Kier molecular flexibility index (Phi) is 4.94. The maximum absolute atomic E-state index is 12.3. The molecule has 0 spiro atoms. The van der Waals surface area contributed by atoms with Gasteiger partial charge in [-0.05, 0) is 24.3 Å². The fourth-order valence-corrected chi connectivity index (χ4v) is 2.35. The maximum atomic E-state index is 12.3. The Labute approximate surface area is 144 Å². The molecule has 0 aliphatic carbocycles. The molecule has 25 heavy (non-hydrogen) atoms. The average molecular weight is 340 g/mol. The Morgan fingerprint density at radius 2 is 1.80 bits per heavy atom. The molecule has 7 nitrogen and oxygen atoms in total. The number of para-hydroxylation sites is 2. The van der Waals surface area contributed by atoms with Crippen molar-refractivity contribution in [3.63, 3.8) is 0 Å². The number of carbonyl (C=O) groups is 3. The highest BCUT2D eigenvalue weighted by atomic mass is 16.6. The van der Waals surface area contributed by atoms with Crippen molar-refractivity contribution in [3.05, 3.63) is 60.2 Å². The first-order valence-corrected chi connectivity index (χ1v) is 7.70. The van der Waals surface area contributed by atoms with Crippen molar-refractivity contribution in [3.8, 4) is 0 Å². The molecule has 0 aromatic heterocycles. The fraction of sp³-hybridized carbons (Fsp3) is 0.167. The summed E-state index contributed by atoms with van der Waals surface area (Å²) in [6.07, 6.45) is -0.716. The van der Waals surface area contributed by atoms with Crippen molar-refractivity contribution < 1.29 is 23.9 Å². The van der Waals surface area contributed by atoms with Crippen LogP contribution in [0.2, 0.25) is 0 Å². The van der Waals surface area contributed by atoms with Gasteiger partial charge in [-0.15, -0.1) is 0 Å². The highest BCUT2D eigenvalue weighted by Gasteiger charge is 2.29. The van der Waals surface area contributed by atoms with Gasteiger partial charge in [0.2, 0.25) is 0 Å². The molecule has 1 N–H and O–H groups in total. The molecule has 1 fully saturated rings. The lowest BCUT2D eigenvalue weighted by Gasteiger charge is -2.13. The Hall–Kier alpha value is -3.35. The minimum atomic E-state index is -0.716. The third kappa shape index (κ3) is 3.95. The van der Waals surface area contributed by atoms with Crippen molar-refractivity contribution in [1.82, 2.24) is 4.90 Å². The minimum Gasteiger partial charge on any atom is -0.452 e. The van der Waals surface area contributed by atoms with Crippen molar-refractivity contribution in [2.75, 3.05) is 25.1 Å². The van der Waals surface area contributed by atoms with Crippen LogP contribution in [0, 0.1) is 0 Å². The first-order chi connectivity index (χ1) is 12.1. The van der Waals surface area contributed by atoms with Gasteiger partial charge in [0.05, 0.1) is 17.8 Å². The molecule has 3 rings (SSSR count). The summed E-state index contributed by atoms with van der Waals surface area (Å²) in [5.41, 5.74) is 1.67. The predicted octanol–water partition coefficient (Wildman–Crippen LogP) is 2.57. The number of ether oxygens (including phenoxy) is 2. The second-order valence-corrected chi connectivity index (χ2v) is 5.27. The molecule has 1 aliphatic rings. The summed E-state index contributed by atoms with van der Waals surface area (Å²) in [4.78, 5) is 36.4. The van der Waals surface area contributed by atoms with Gasteiger partial charge in [0.1, 0.15) is 6.61 Å². The lowest BCUT2D eigenvalue weighted by molar-refractivity contribution is -0.131. The maximum Gasteiger partial charge on any atom is 0.416 e. The summed E-state index contributed by atoms with van der Waals surface area (Å²) < 4.78 is 9.73. The minimum absolute atomic E-state index is 0.155. The van der Waals surface area contributed by atoms with Gasteiger partial charge in [0.25, 0.3) is 5.91 Å². The Morgan fingerprint density at radius 3 is 2.52 bits per heavy atom. The topological polar surface area (TPSA) is 84.9 Å². The third-order valence-corrected chi connectivity index (χ3v) is 3.59. The number of carbonyl (C=O) groups excluding carboxylic acids is 3. The summed E-state index contributed by atoms with van der Waals surface area (Å²) in [5, 5.41) is 3.13. The molecular weight excluding hydrogens is 324 g/mol. The van der Waals surface area contributed by atoms with E-state index in [-0.39, 0.29) is 13.2 Å². The molecule has 1 aliphatic heterocycles. The third-order valence-electron chi connectivity index (χ3n) is 3.59. The van der Waals surface area contributed by atoms with Crippen LogP contribution in [-0.4, -0.2) is 42.6 Å². The Balaban J connectivity index is 1.66. The quantitative estimate of drug-likeness (QED) is 0.842. The molecule has 2 aromatic carbocycles. The summed E-state index contributed by atoms with van der Waals surface area (Å²) >= 11 is 0. The number of hydrogen-bond acceptors (Lipinski definition) is 6. The molecule has 2 aromatic rings. The summed E-state index contributed by atoms with van der Waals surface area (Å²) in [5.74, 6) is -1.26. The number of amides is 2. The van der Waals surface area contributed by atoms with Crippen molar-refractivity contribution in [2.24, 2.45) is 0 Å². The lowest BCUT2D eigenvalue weighted by atomic mass is 10.1. The molecule has 0 atom stereocenters. The van der Waals surface area contributed by atoms with Crippen LogP contribution in [0.4, 0.5) is 16.2 Å². The highest BCUT2D eigenvalue weighted by Crippen LogP contribution is 2.21. The number of rotatable bonds is 5. The van der Waals surface area contributed by atoms with Crippen molar-refractivity contribution in [1.29, 1.82) is 0 Å². The van der Waals surface area contributed by atoms with E-state index in [2.05, 4.69) is 10.1 Å². The molecule has 0 radical (unpaired) electrons. The molecule has 0 bridgehead atoms. The van der Waals surface area contributed by atoms with Gasteiger partial charge in [-0.25, -0.2) is 14.5 Å². The van der Waals surface area contributed by atoms with Gasteiger partial charge in [-0.1, -0.05) is 30.3 Å². The van der Waals surface area contributed by atoms with Gasteiger partial charge in [-0.2, -0.15) is 0 Å². The molecule has 7 heteroatoms. The number of imide groups is 1. The van der Waals surface area contributed by atoms with Crippen LogP contribution in [0.15, 0.2) is 54.6 Å². The van der Waals surface area contributed by atoms with Crippen LogP contribution >= 0.6 is 0 Å². The average Bonchev–Trinajstić information content (AvgIpc) is 3.07. The number of nitrogens with zero attached hydrogens (tertiary/aromatic N) is 1. The summed E-state index contributed by atoms with van der Waals surface area (Å²) in [6.45, 7) is -0.197. The van der Waals surface area contributed by atoms with Crippen LogP contribution in [0.5, 0.6) is 0 Å². The normalized spacial score (nSPS) is 13.3. The fourth-order valence-electron chi connectivity index (χ4n) is 2.35. The van der Waals surface area contributed by atoms with Gasteiger partial charge in [0, 0.05) is 5.69 Å². The van der Waals surface area contributed by atoms with Crippen LogP contribution in [-0.2, 0) is 14.3 Å². The smallest absolute Gasteiger partial charge is 0.416 e. The van der Waals surface area contributed by atoms with Gasteiger partial charge in [-0.3, -0.25) is 4.79 Å². The van der Waals surface area contributed by atoms with Gasteiger partial charge in [0.15, 0.2) is 6.61 Å². The highest BCUT2D eigenvalue weighted by molar-refractivity contribution is 5.99. The molecule has 0 saturated carbocycles. The number of anilines is 2. The largest absolute Gasteiger partial charge is 0.452 e. The summed E-state index contributed by atoms with van der Waals surface area (Å²) in [7, 11) is 0. The van der Waals surface area contributed by atoms with E-state index in [1.807, 2.05) is 30.3 Å². The van der Waals surface area contributed by atoms with Gasteiger partial charge < -0.3 is 14.8 Å². The van der Waals surface area contributed by atoms with Crippen LogP contribution in [0.1, 0.15) is 10.4 Å². The zero-order valence-electron chi connectivity index (χ0n) is 13.3. The Morgan fingerprint density at radius 1 is 1.08 bits per heavy atom. The molecule has 2 amide bonds. The number of cyclic esters (lactones) is 1. The molecule has 1 heterocycles. The number of esters is 1. The molecular formula is C18H16N2O5. The molecule has 128 valence electrons.